The van der Waals surface area contributed by atoms with Crippen LogP contribution >= 0.6 is 0 Å². The van der Waals surface area contributed by atoms with Crippen molar-refractivity contribution in [3.05, 3.63) is 96.6 Å². The fraction of sp³-hybridized carbons (Fsp3) is 0.0435. The van der Waals surface area contributed by atoms with Crippen molar-refractivity contribution >= 4 is 5.91 Å². The van der Waals surface area contributed by atoms with Crippen LogP contribution in [0.1, 0.15) is 10.4 Å². The van der Waals surface area contributed by atoms with E-state index < -0.39 is 0 Å². The van der Waals surface area contributed by atoms with Crippen LogP contribution in [0.25, 0.3) is 22.5 Å². The van der Waals surface area contributed by atoms with Crippen molar-refractivity contribution in [3.8, 4) is 28.3 Å². The van der Waals surface area contributed by atoms with Crippen LogP contribution in [0.2, 0.25) is 0 Å². The normalized spacial score (nSPS) is 10.6. The Morgan fingerprint density at radius 3 is 2.00 bits per heavy atom. The summed E-state index contributed by atoms with van der Waals surface area (Å²) in [5.41, 5.74) is 3.98. The van der Waals surface area contributed by atoms with E-state index in [2.05, 4.69) is 5.10 Å². The zero-order valence-electron chi connectivity index (χ0n) is 14.9. The lowest BCUT2D eigenvalue weighted by Crippen LogP contribution is -2.15. The number of methoxy groups -OCH3 is 1. The SMILES string of the molecule is COc1ccc(C(=O)n2nc(-c3ccccc3)cc2-c2ccccc2)cc1. The first-order chi connectivity index (χ1) is 13.3. The third-order valence-corrected chi connectivity index (χ3v) is 4.38. The monoisotopic (exact) mass is 354 g/mol. The Kier molecular flexibility index (Phi) is 4.54. The summed E-state index contributed by atoms with van der Waals surface area (Å²) in [6.07, 6.45) is 0. The predicted molar refractivity (Wildman–Crippen MR) is 106 cm³/mol. The number of hydrogen-bond donors (Lipinski definition) is 0. The van der Waals surface area contributed by atoms with Gasteiger partial charge in [0.2, 0.25) is 0 Å². The summed E-state index contributed by atoms with van der Waals surface area (Å²) in [4.78, 5) is 13.1. The summed E-state index contributed by atoms with van der Waals surface area (Å²) in [6.45, 7) is 0. The molecular formula is C23H18N2O2. The molecule has 0 unspecified atom stereocenters. The van der Waals surface area contributed by atoms with Gasteiger partial charge in [0.15, 0.2) is 0 Å². The molecule has 0 aliphatic carbocycles. The first kappa shape index (κ1) is 16.8. The summed E-state index contributed by atoms with van der Waals surface area (Å²) in [5, 5.41) is 4.61. The van der Waals surface area contributed by atoms with Crippen LogP contribution in [0.4, 0.5) is 0 Å². The number of nitrogens with zero attached hydrogens (tertiary/aromatic N) is 2. The highest BCUT2D eigenvalue weighted by Gasteiger charge is 2.18. The Labute approximate surface area is 157 Å². The molecule has 1 heterocycles. The molecule has 0 spiro atoms. The summed E-state index contributed by atoms with van der Waals surface area (Å²) < 4.78 is 6.65. The molecule has 0 bridgehead atoms. The highest BCUT2D eigenvalue weighted by molar-refractivity contribution is 5.98. The van der Waals surface area contributed by atoms with Crippen molar-refractivity contribution in [3.63, 3.8) is 0 Å². The van der Waals surface area contributed by atoms with Crippen LogP contribution in [0.5, 0.6) is 5.75 Å². The number of aromatic nitrogens is 2. The maximum atomic E-state index is 13.1. The van der Waals surface area contributed by atoms with Gasteiger partial charge in [-0.25, -0.2) is 0 Å². The third-order valence-electron chi connectivity index (χ3n) is 4.38. The molecule has 4 heteroatoms. The highest BCUT2D eigenvalue weighted by atomic mass is 16.5. The minimum absolute atomic E-state index is 0.182. The van der Waals surface area contributed by atoms with E-state index in [0.29, 0.717) is 11.3 Å². The summed E-state index contributed by atoms with van der Waals surface area (Å²) >= 11 is 0. The maximum absolute atomic E-state index is 13.1. The average Bonchev–Trinajstić information content (AvgIpc) is 3.20. The number of rotatable bonds is 4. The van der Waals surface area contributed by atoms with E-state index in [1.54, 1.807) is 31.4 Å². The molecule has 0 aliphatic heterocycles. The fourth-order valence-corrected chi connectivity index (χ4v) is 2.96. The van der Waals surface area contributed by atoms with E-state index in [4.69, 9.17) is 4.74 Å². The standard InChI is InChI=1S/C23H18N2O2/c1-27-20-14-12-19(13-15-20)23(26)25-22(18-10-6-3-7-11-18)16-21(24-25)17-8-4-2-5-9-17/h2-16H,1H3. The molecule has 0 saturated heterocycles. The second-order valence-corrected chi connectivity index (χ2v) is 6.09. The van der Waals surface area contributed by atoms with E-state index in [1.807, 2.05) is 66.7 Å². The van der Waals surface area contributed by atoms with Crippen molar-refractivity contribution in [2.24, 2.45) is 0 Å². The molecule has 0 N–H and O–H groups in total. The average molecular weight is 354 g/mol. The van der Waals surface area contributed by atoms with Crippen molar-refractivity contribution in [1.82, 2.24) is 9.78 Å². The molecule has 1 aromatic heterocycles. The van der Waals surface area contributed by atoms with Gasteiger partial charge in [-0.2, -0.15) is 9.78 Å². The van der Waals surface area contributed by atoms with E-state index >= 15 is 0 Å². The van der Waals surface area contributed by atoms with Crippen molar-refractivity contribution in [1.29, 1.82) is 0 Å². The van der Waals surface area contributed by atoms with E-state index in [9.17, 15) is 4.79 Å². The Balaban J connectivity index is 1.82. The van der Waals surface area contributed by atoms with Gasteiger partial charge in [0.25, 0.3) is 5.91 Å². The van der Waals surface area contributed by atoms with Crippen LogP contribution in [0.3, 0.4) is 0 Å². The third kappa shape index (κ3) is 3.37. The molecule has 0 radical (unpaired) electrons. The second-order valence-electron chi connectivity index (χ2n) is 6.09. The van der Waals surface area contributed by atoms with Gasteiger partial charge in [-0.15, -0.1) is 0 Å². The number of hydrogen-bond acceptors (Lipinski definition) is 3. The molecule has 4 aromatic rings. The van der Waals surface area contributed by atoms with E-state index in [0.717, 1.165) is 22.5 Å². The van der Waals surface area contributed by atoms with Crippen LogP contribution in [-0.4, -0.2) is 22.8 Å². The van der Waals surface area contributed by atoms with Gasteiger partial charge in [0.05, 0.1) is 18.5 Å². The largest absolute Gasteiger partial charge is 0.497 e. The Morgan fingerprint density at radius 1 is 0.815 bits per heavy atom. The molecular weight excluding hydrogens is 336 g/mol. The van der Waals surface area contributed by atoms with E-state index in [-0.39, 0.29) is 5.91 Å². The van der Waals surface area contributed by atoms with Gasteiger partial charge in [0, 0.05) is 16.7 Å². The fourth-order valence-electron chi connectivity index (χ4n) is 2.96. The number of carbonyl (C=O) groups is 1. The first-order valence-corrected chi connectivity index (χ1v) is 8.66. The molecule has 0 aliphatic rings. The molecule has 4 rings (SSSR count). The minimum Gasteiger partial charge on any atom is -0.497 e. The Morgan fingerprint density at radius 2 is 1.41 bits per heavy atom. The molecule has 0 saturated carbocycles. The Bertz CT molecular complexity index is 1050. The molecule has 27 heavy (non-hydrogen) atoms. The van der Waals surface area contributed by atoms with Crippen LogP contribution in [-0.2, 0) is 0 Å². The summed E-state index contributed by atoms with van der Waals surface area (Å²) in [5.74, 6) is 0.527. The lowest BCUT2D eigenvalue weighted by Gasteiger charge is -2.07. The zero-order chi connectivity index (χ0) is 18.6. The number of carbonyl (C=O) groups excluding carboxylic acids is 1. The predicted octanol–water partition coefficient (Wildman–Crippen LogP) is 4.91. The lowest BCUT2D eigenvalue weighted by atomic mass is 10.1. The summed E-state index contributed by atoms with van der Waals surface area (Å²) in [7, 11) is 1.60. The smallest absolute Gasteiger partial charge is 0.278 e. The van der Waals surface area contributed by atoms with Crippen molar-refractivity contribution in [2.45, 2.75) is 0 Å². The zero-order valence-corrected chi connectivity index (χ0v) is 14.9. The van der Waals surface area contributed by atoms with Crippen LogP contribution < -0.4 is 4.74 Å². The van der Waals surface area contributed by atoms with Gasteiger partial charge in [-0.1, -0.05) is 60.7 Å². The molecule has 0 atom stereocenters. The van der Waals surface area contributed by atoms with Crippen LogP contribution in [0, 0.1) is 0 Å². The first-order valence-electron chi connectivity index (χ1n) is 8.66. The minimum atomic E-state index is -0.182. The topological polar surface area (TPSA) is 44.1 Å². The number of benzene rings is 3. The number of ether oxygens (including phenoxy) is 1. The molecule has 0 fully saturated rings. The molecule has 3 aromatic carbocycles. The van der Waals surface area contributed by atoms with Crippen molar-refractivity contribution in [2.75, 3.05) is 7.11 Å². The van der Waals surface area contributed by atoms with E-state index in [1.165, 1.54) is 4.68 Å². The van der Waals surface area contributed by atoms with Gasteiger partial charge in [-0.05, 0) is 30.3 Å². The summed E-state index contributed by atoms with van der Waals surface area (Å²) in [6, 6.07) is 28.7. The molecule has 0 amide bonds. The highest BCUT2D eigenvalue weighted by Crippen LogP contribution is 2.27. The molecule has 132 valence electrons. The lowest BCUT2D eigenvalue weighted by molar-refractivity contribution is 0.0947. The van der Waals surface area contributed by atoms with Gasteiger partial charge >= 0.3 is 0 Å². The van der Waals surface area contributed by atoms with Gasteiger partial charge < -0.3 is 4.74 Å². The second kappa shape index (κ2) is 7.30. The van der Waals surface area contributed by atoms with Gasteiger partial charge in [-0.3, -0.25) is 4.79 Å². The molecule has 4 nitrogen and oxygen atoms in total. The van der Waals surface area contributed by atoms with Crippen molar-refractivity contribution < 1.29 is 9.53 Å². The quantitative estimate of drug-likeness (QED) is 0.523. The maximum Gasteiger partial charge on any atom is 0.278 e. The Hall–Kier alpha value is -3.66. The van der Waals surface area contributed by atoms with Crippen LogP contribution in [0.15, 0.2) is 91.0 Å². The van der Waals surface area contributed by atoms with Gasteiger partial charge in [0.1, 0.15) is 5.75 Å².